The first-order chi connectivity index (χ1) is 18.6. The topological polar surface area (TPSA) is 115 Å². The van der Waals surface area contributed by atoms with E-state index in [9.17, 15) is 9.90 Å². The molecule has 1 amide bonds. The molecule has 9 nitrogen and oxygen atoms in total. The van der Waals surface area contributed by atoms with Gasteiger partial charge in [0, 0.05) is 43.0 Å². The van der Waals surface area contributed by atoms with E-state index in [4.69, 9.17) is 0 Å². The van der Waals surface area contributed by atoms with Gasteiger partial charge in [0.2, 0.25) is 5.95 Å². The second-order valence-electron chi connectivity index (χ2n) is 11.3. The molecule has 1 aromatic carbocycles. The Labute approximate surface area is 229 Å². The van der Waals surface area contributed by atoms with Crippen LogP contribution in [-0.4, -0.2) is 50.0 Å². The lowest BCUT2D eigenvalue weighted by molar-refractivity contribution is 0.0740. The summed E-state index contributed by atoms with van der Waals surface area (Å²) in [5.74, 6) is 0.776. The van der Waals surface area contributed by atoms with E-state index in [2.05, 4.69) is 74.4 Å². The summed E-state index contributed by atoms with van der Waals surface area (Å²) >= 11 is 0. The van der Waals surface area contributed by atoms with Gasteiger partial charge in [-0.15, -0.1) is 6.58 Å². The Morgan fingerprint density at radius 3 is 2.69 bits per heavy atom. The summed E-state index contributed by atoms with van der Waals surface area (Å²) in [4.78, 5) is 29.0. The summed E-state index contributed by atoms with van der Waals surface area (Å²) in [5.41, 5.74) is 3.64. The maximum Gasteiger partial charge on any atom is 0.256 e. The fraction of sp³-hybridized carbons (Fsp3) is 0.400. The van der Waals surface area contributed by atoms with E-state index in [-0.39, 0.29) is 11.5 Å². The number of rotatable bonds is 9. The summed E-state index contributed by atoms with van der Waals surface area (Å²) in [6.45, 7) is 13.9. The third-order valence-electron chi connectivity index (χ3n) is 7.46. The zero-order valence-electron chi connectivity index (χ0n) is 23.1. The molecule has 1 spiro atoms. The lowest BCUT2D eigenvalue weighted by Crippen LogP contribution is -2.41. The summed E-state index contributed by atoms with van der Waals surface area (Å²) in [5, 5.41) is 19.6. The Morgan fingerprint density at radius 2 is 2.00 bits per heavy atom. The van der Waals surface area contributed by atoms with Crippen molar-refractivity contribution in [3.05, 3.63) is 77.6 Å². The van der Waals surface area contributed by atoms with Crippen molar-refractivity contribution in [3.8, 4) is 0 Å². The monoisotopic (exact) mass is 527 g/mol. The normalized spacial score (nSPS) is 16.1. The first-order valence-corrected chi connectivity index (χ1v) is 13.5. The van der Waals surface area contributed by atoms with Gasteiger partial charge in [-0.1, -0.05) is 18.2 Å². The van der Waals surface area contributed by atoms with E-state index in [1.165, 1.54) is 30.2 Å². The molecule has 0 atom stereocenters. The summed E-state index contributed by atoms with van der Waals surface area (Å²) in [7, 11) is 0. The summed E-state index contributed by atoms with van der Waals surface area (Å²) in [6, 6.07) is 12.3. The number of aliphatic hydroxyl groups is 1. The standard InChI is InChI=1S/C30H37N7O2/c1-6-14-31-27(38)22-16-32-28(36-26(22)35-25-9-7-8-24(34-25)29(4,5)39)33-21-10-11-23-20(15-21)17-37(19(2)3)18-30(23)12-13-30/h6-11,15-16,19,39H,1,12-14,17-18H2,2-5H3,(H,31,38)(H2,32,33,34,35,36). The van der Waals surface area contributed by atoms with Crippen LogP contribution in [0.2, 0.25) is 0 Å². The molecule has 0 radical (unpaired) electrons. The van der Waals surface area contributed by atoms with Gasteiger partial charge >= 0.3 is 0 Å². The van der Waals surface area contributed by atoms with Gasteiger partial charge in [0.25, 0.3) is 5.91 Å². The van der Waals surface area contributed by atoms with Gasteiger partial charge in [0.05, 0.1) is 5.69 Å². The van der Waals surface area contributed by atoms with Crippen LogP contribution in [0.1, 0.15) is 67.7 Å². The van der Waals surface area contributed by atoms with Gasteiger partial charge in [0.15, 0.2) is 0 Å². The molecule has 1 fully saturated rings. The molecule has 1 aliphatic heterocycles. The lowest BCUT2D eigenvalue weighted by Gasteiger charge is -2.37. The van der Waals surface area contributed by atoms with Crippen LogP contribution in [0, 0.1) is 0 Å². The number of anilines is 4. The fourth-order valence-corrected chi connectivity index (χ4v) is 5.07. The Hall–Kier alpha value is -3.82. The van der Waals surface area contributed by atoms with E-state index in [1.807, 2.05) is 0 Å². The molecule has 1 aliphatic carbocycles. The molecular weight excluding hydrogens is 490 g/mol. The molecular formula is C30H37N7O2. The number of aromatic nitrogens is 3. The molecule has 3 aromatic rings. The molecule has 9 heteroatoms. The zero-order chi connectivity index (χ0) is 27.8. The van der Waals surface area contributed by atoms with Crippen LogP contribution in [-0.2, 0) is 17.6 Å². The Kier molecular flexibility index (Phi) is 7.13. The maximum atomic E-state index is 12.9. The molecule has 1 saturated carbocycles. The quantitative estimate of drug-likeness (QED) is 0.295. The van der Waals surface area contributed by atoms with Gasteiger partial charge in [-0.05, 0) is 75.9 Å². The second-order valence-corrected chi connectivity index (χ2v) is 11.3. The minimum absolute atomic E-state index is 0.270. The number of amides is 1. The van der Waals surface area contributed by atoms with Crippen LogP contribution >= 0.6 is 0 Å². The Bertz CT molecular complexity index is 1390. The number of hydrogen-bond acceptors (Lipinski definition) is 8. The summed E-state index contributed by atoms with van der Waals surface area (Å²) < 4.78 is 0. The number of carbonyl (C=O) groups excluding carboxylic acids is 1. The zero-order valence-corrected chi connectivity index (χ0v) is 23.1. The number of nitrogens with one attached hydrogen (secondary N) is 3. The van der Waals surface area contributed by atoms with E-state index in [0.29, 0.717) is 41.3 Å². The minimum Gasteiger partial charge on any atom is -0.384 e. The molecule has 4 N–H and O–H groups in total. The predicted molar refractivity (Wildman–Crippen MR) is 154 cm³/mol. The predicted octanol–water partition coefficient (Wildman–Crippen LogP) is 4.76. The average Bonchev–Trinajstić information content (AvgIpc) is 3.66. The Balaban J connectivity index is 1.44. The Morgan fingerprint density at radius 1 is 1.21 bits per heavy atom. The fourth-order valence-electron chi connectivity index (χ4n) is 5.07. The lowest BCUT2D eigenvalue weighted by atomic mass is 9.86. The highest BCUT2D eigenvalue weighted by Gasteiger charge is 2.49. The third kappa shape index (κ3) is 5.79. The van der Waals surface area contributed by atoms with E-state index < -0.39 is 5.60 Å². The van der Waals surface area contributed by atoms with Crippen LogP contribution in [0.5, 0.6) is 0 Å². The van der Waals surface area contributed by atoms with Crippen molar-refractivity contribution in [2.24, 2.45) is 0 Å². The van der Waals surface area contributed by atoms with Crippen LogP contribution in [0.25, 0.3) is 0 Å². The van der Waals surface area contributed by atoms with Crippen molar-refractivity contribution in [1.29, 1.82) is 0 Å². The number of pyridine rings is 1. The van der Waals surface area contributed by atoms with Gasteiger partial charge < -0.3 is 21.1 Å². The van der Waals surface area contributed by atoms with Gasteiger partial charge in [-0.2, -0.15) is 4.98 Å². The smallest absolute Gasteiger partial charge is 0.256 e. The van der Waals surface area contributed by atoms with Crippen LogP contribution in [0.3, 0.4) is 0 Å². The minimum atomic E-state index is -1.11. The molecule has 2 aliphatic rings. The number of hydrogen-bond donors (Lipinski definition) is 4. The van der Waals surface area contributed by atoms with Gasteiger partial charge in [-0.25, -0.2) is 9.97 Å². The van der Waals surface area contributed by atoms with Gasteiger partial charge in [0.1, 0.15) is 22.8 Å². The molecule has 3 heterocycles. The van der Waals surface area contributed by atoms with Crippen molar-refractivity contribution >= 4 is 29.2 Å². The highest BCUT2D eigenvalue weighted by atomic mass is 16.3. The maximum absolute atomic E-state index is 12.9. The number of benzene rings is 1. The molecule has 0 unspecified atom stereocenters. The molecule has 5 rings (SSSR count). The molecule has 204 valence electrons. The van der Waals surface area contributed by atoms with Crippen molar-refractivity contribution < 1.29 is 9.90 Å². The SMILES string of the molecule is C=CCNC(=O)c1cnc(Nc2ccc3c(c2)CN(C(C)C)CC32CC2)nc1Nc1cccc(C(C)(C)O)n1. The third-order valence-corrected chi connectivity index (χ3v) is 7.46. The van der Waals surface area contributed by atoms with Crippen molar-refractivity contribution in [2.75, 3.05) is 23.7 Å². The first-order valence-electron chi connectivity index (χ1n) is 13.5. The average molecular weight is 528 g/mol. The van der Waals surface area contributed by atoms with Crippen LogP contribution < -0.4 is 16.0 Å². The first kappa shape index (κ1) is 26.8. The molecule has 0 saturated heterocycles. The van der Waals surface area contributed by atoms with Crippen LogP contribution in [0.15, 0.2) is 55.3 Å². The molecule has 39 heavy (non-hydrogen) atoms. The van der Waals surface area contributed by atoms with Crippen molar-refractivity contribution in [3.63, 3.8) is 0 Å². The van der Waals surface area contributed by atoms with E-state index in [0.717, 1.165) is 18.8 Å². The van der Waals surface area contributed by atoms with Crippen molar-refractivity contribution in [2.45, 2.75) is 64.1 Å². The number of nitrogens with zero attached hydrogens (tertiary/aromatic N) is 4. The second kappa shape index (κ2) is 10.4. The largest absolute Gasteiger partial charge is 0.384 e. The molecule has 2 aromatic heterocycles. The highest BCUT2D eigenvalue weighted by Crippen LogP contribution is 2.53. The number of fused-ring (bicyclic) bond motifs is 2. The van der Waals surface area contributed by atoms with E-state index in [1.54, 1.807) is 38.1 Å². The van der Waals surface area contributed by atoms with Gasteiger partial charge in [-0.3, -0.25) is 9.69 Å². The van der Waals surface area contributed by atoms with Crippen LogP contribution in [0.4, 0.5) is 23.3 Å². The molecule has 0 bridgehead atoms. The van der Waals surface area contributed by atoms with Crippen molar-refractivity contribution in [1.82, 2.24) is 25.2 Å². The highest BCUT2D eigenvalue weighted by molar-refractivity contribution is 5.99. The van der Waals surface area contributed by atoms with E-state index >= 15 is 0 Å². The summed E-state index contributed by atoms with van der Waals surface area (Å²) in [6.07, 6.45) is 5.59. The number of carbonyl (C=O) groups is 1.